The van der Waals surface area contributed by atoms with Gasteiger partial charge in [0.1, 0.15) is 0 Å². The molecule has 1 aliphatic rings. The second-order valence-electron chi connectivity index (χ2n) is 6.90. The summed E-state index contributed by atoms with van der Waals surface area (Å²) in [6.07, 6.45) is 4.72. The average molecular weight is 397 g/mol. The van der Waals surface area contributed by atoms with Crippen LogP contribution in [0.2, 0.25) is 5.02 Å². The van der Waals surface area contributed by atoms with Crippen LogP contribution in [0.5, 0.6) is 0 Å². The van der Waals surface area contributed by atoms with E-state index in [9.17, 15) is 9.59 Å². The van der Waals surface area contributed by atoms with E-state index in [-0.39, 0.29) is 24.5 Å². The predicted octanol–water partition coefficient (Wildman–Crippen LogP) is 4.16. The number of benzene rings is 2. The van der Waals surface area contributed by atoms with Crippen molar-refractivity contribution in [1.29, 1.82) is 0 Å². The molecule has 5 heteroatoms. The Morgan fingerprint density at radius 1 is 0.893 bits per heavy atom. The van der Waals surface area contributed by atoms with Gasteiger partial charge in [0.2, 0.25) is 5.91 Å². The summed E-state index contributed by atoms with van der Waals surface area (Å²) in [5.74, 6) is -0.0384. The molecule has 0 bridgehead atoms. The van der Waals surface area contributed by atoms with Gasteiger partial charge in [0.15, 0.2) is 5.78 Å². The quantitative estimate of drug-likeness (QED) is 0.660. The van der Waals surface area contributed by atoms with Crippen LogP contribution in [0, 0.1) is 0 Å². The Balaban J connectivity index is 1.39. The summed E-state index contributed by atoms with van der Waals surface area (Å²) >= 11 is 6.05. The molecule has 2 aromatic carbocycles. The van der Waals surface area contributed by atoms with Gasteiger partial charge in [0, 0.05) is 51.1 Å². The van der Waals surface area contributed by atoms with Gasteiger partial charge in [0.25, 0.3) is 0 Å². The number of rotatable bonds is 7. The third kappa shape index (κ3) is 5.78. The third-order valence-corrected chi connectivity index (χ3v) is 5.27. The van der Waals surface area contributed by atoms with Gasteiger partial charge in [-0.2, -0.15) is 0 Å². The van der Waals surface area contributed by atoms with Crippen LogP contribution in [0.25, 0.3) is 6.08 Å². The van der Waals surface area contributed by atoms with Crippen LogP contribution < -0.4 is 0 Å². The van der Waals surface area contributed by atoms with E-state index in [4.69, 9.17) is 11.6 Å². The Kier molecular flexibility index (Phi) is 7.40. The lowest BCUT2D eigenvalue weighted by Crippen LogP contribution is -2.48. The van der Waals surface area contributed by atoms with Crippen LogP contribution >= 0.6 is 11.6 Å². The molecule has 1 amide bonds. The molecule has 1 saturated heterocycles. The Labute approximate surface area is 171 Å². The average Bonchev–Trinajstić information content (AvgIpc) is 2.73. The van der Waals surface area contributed by atoms with E-state index in [1.165, 1.54) is 5.56 Å². The number of hydrogen-bond donors (Lipinski definition) is 0. The summed E-state index contributed by atoms with van der Waals surface area (Å²) in [5, 5.41) is 0.442. The summed E-state index contributed by atoms with van der Waals surface area (Å²) in [4.78, 5) is 28.9. The van der Waals surface area contributed by atoms with Crippen molar-refractivity contribution in [2.75, 3.05) is 32.7 Å². The molecular formula is C23H25ClN2O2. The topological polar surface area (TPSA) is 40.6 Å². The number of halogens is 1. The smallest absolute Gasteiger partial charge is 0.223 e. The molecule has 0 spiro atoms. The fourth-order valence-corrected chi connectivity index (χ4v) is 3.52. The first kappa shape index (κ1) is 20.3. The van der Waals surface area contributed by atoms with Gasteiger partial charge in [0.05, 0.1) is 5.02 Å². The maximum atomic E-state index is 12.4. The normalized spacial score (nSPS) is 15.1. The molecule has 0 aliphatic carbocycles. The van der Waals surface area contributed by atoms with Crippen molar-refractivity contribution >= 4 is 29.4 Å². The van der Waals surface area contributed by atoms with Crippen LogP contribution in [0.1, 0.15) is 28.8 Å². The second kappa shape index (κ2) is 10.2. The number of carbonyl (C=O) groups excluding carboxylic acids is 2. The van der Waals surface area contributed by atoms with E-state index < -0.39 is 0 Å². The highest BCUT2D eigenvalue weighted by molar-refractivity contribution is 6.34. The molecule has 28 heavy (non-hydrogen) atoms. The number of hydrogen-bond acceptors (Lipinski definition) is 3. The zero-order valence-electron chi connectivity index (χ0n) is 15.9. The molecular weight excluding hydrogens is 372 g/mol. The van der Waals surface area contributed by atoms with E-state index in [1.54, 1.807) is 24.3 Å². The van der Waals surface area contributed by atoms with Crippen molar-refractivity contribution in [1.82, 2.24) is 9.80 Å². The van der Waals surface area contributed by atoms with Gasteiger partial charge in [-0.25, -0.2) is 0 Å². The van der Waals surface area contributed by atoms with Crippen molar-refractivity contribution in [2.24, 2.45) is 0 Å². The van der Waals surface area contributed by atoms with Crippen LogP contribution in [0.4, 0.5) is 0 Å². The van der Waals surface area contributed by atoms with Gasteiger partial charge >= 0.3 is 0 Å². The molecule has 1 aliphatic heterocycles. The molecule has 0 radical (unpaired) electrons. The maximum absolute atomic E-state index is 12.4. The Morgan fingerprint density at radius 3 is 2.29 bits per heavy atom. The van der Waals surface area contributed by atoms with E-state index in [0.717, 1.165) is 19.6 Å². The number of ketones is 1. The van der Waals surface area contributed by atoms with Gasteiger partial charge in [-0.15, -0.1) is 0 Å². The van der Waals surface area contributed by atoms with E-state index >= 15 is 0 Å². The van der Waals surface area contributed by atoms with Gasteiger partial charge in [-0.3, -0.25) is 14.5 Å². The highest BCUT2D eigenvalue weighted by Gasteiger charge is 2.21. The van der Waals surface area contributed by atoms with Crippen molar-refractivity contribution < 1.29 is 9.59 Å². The summed E-state index contributed by atoms with van der Waals surface area (Å²) in [5.41, 5.74) is 1.69. The fourth-order valence-electron chi connectivity index (χ4n) is 3.28. The first-order valence-corrected chi connectivity index (χ1v) is 10.0. The molecule has 0 N–H and O–H groups in total. The molecule has 0 saturated carbocycles. The van der Waals surface area contributed by atoms with Crippen molar-refractivity contribution in [3.8, 4) is 0 Å². The minimum Gasteiger partial charge on any atom is -0.340 e. The highest BCUT2D eigenvalue weighted by Crippen LogP contribution is 2.18. The standard InChI is InChI=1S/C23H25ClN2O2/c24-21-11-5-4-10-20(21)22(27)12-13-23(28)26-17-15-25(16-18-26)14-6-9-19-7-2-1-3-8-19/h1-11H,12-18H2/b9-6+. The zero-order valence-corrected chi connectivity index (χ0v) is 16.6. The lowest BCUT2D eigenvalue weighted by atomic mass is 10.1. The summed E-state index contributed by atoms with van der Waals surface area (Å²) in [6, 6.07) is 17.2. The monoisotopic (exact) mass is 396 g/mol. The summed E-state index contributed by atoms with van der Waals surface area (Å²) in [6.45, 7) is 3.99. The predicted molar refractivity (Wildman–Crippen MR) is 114 cm³/mol. The number of nitrogens with zero attached hydrogens (tertiary/aromatic N) is 2. The van der Waals surface area contributed by atoms with Crippen molar-refractivity contribution in [3.63, 3.8) is 0 Å². The first-order chi connectivity index (χ1) is 13.6. The Morgan fingerprint density at radius 2 is 1.57 bits per heavy atom. The van der Waals surface area contributed by atoms with E-state index in [2.05, 4.69) is 29.2 Å². The van der Waals surface area contributed by atoms with Crippen molar-refractivity contribution in [3.05, 3.63) is 76.8 Å². The van der Waals surface area contributed by atoms with Gasteiger partial charge in [-0.05, 0) is 17.7 Å². The van der Waals surface area contributed by atoms with Crippen LogP contribution in [-0.2, 0) is 4.79 Å². The summed E-state index contributed by atoms with van der Waals surface area (Å²) < 4.78 is 0. The van der Waals surface area contributed by atoms with Gasteiger partial charge < -0.3 is 4.90 Å². The third-order valence-electron chi connectivity index (χ3n) is 4.94. The van der Waals surface area contributed by atoms with Crippen molar-refractivity contribution in [2.45, 2.75) is 12.8 Å². The number of piperazine rings is 1. The van der Waals surface area contributed by atoms with Crippen LogP contribution in [0.3, 0.4) is 0 Å². The Bertz CT molecular complexity index is 828. The number of amides is 1. The largest absolute Gasteiger partial charge is 0.340 e. The minimum absolute atomic E-state index is 0.0416. The molecule has 0 unspecified atom stereocenters. The number of Topliss-reactive ketones (excluding diaryl/α,β-unsaturated/α-hetero) is 1. The van der Waals surface area contributed by atoms with Crippen LogP contribution in [0.15, 0.2) is 60.7 Å². The molecule has 4 nitrogen and oxygen atoms in total. The van der Waals surface area contributed by atoms with E-state index in [0.29, 0.717) is 23.7 Å². The van der Waals surface area contributed by atoms with Crippen LogP contribution in [-0.4, -0.2) is 54.2 Å². The SMILES string of the molecule is O=C(CCC(=O)N1CCN(C/C=C/c2ccccc2)CC1)c1ccccc1Cl. The lowest BCUT2D eigenvalue weighted by molar-refractivity contribution is -0.132. The second-order valence-corrected chi connectivity index (χ2v) is 7.30. The molecule has 1 heterocycles. The molecule has 1 fully saturated rings. The maximum Gasteiger partial charge on any atom is 0.223 e. The van der Waals surface area contributed by atoms with E-state index in [1.807, 2.05) is 23.1 Å². The fraction of sp³-hybridized carbons (Fsp3) is 0.304. The molecule has 0 atom stereocenters. The van der Waals surface area contributed by atoms with Gasteiger partial charge in [-0.1, -0.05) is 66.2 Å². The Hall–Kier alpha value is -2.43. The lowest BCUT2D eigenvalue weighted by Gasteiger charge is -2.34. The summed E-state index contributed by atoms with van der Waals surface area (Å²) in [7, 11) is 0. The molecule has 2 aromatic rings. The molecule has 0 aromatic heterocycles. The molecule has 3 rings (SSSR count). The number of carbonyl (C=O) groups is 2. The minimum atomic E-state index is -0.0800. The highest BCUT2D eigenvalue weighted by atomic mass is 35.5. The zero-order chi connectivity index (χ0) is 19.8. The molecule has 146 valence electrons. The first-order valence-electron chi connectivity index (χ1n) is 9.63.